The summed E-state index contributed by atoms with van der Waals surface area (Å²) in [5.41, 5.74) is 2.41. The van der Waals surface area contributed by atoms with Crippen LogP contribution in [0.25, 0.3) is 22.1 Å². The molecule has 2 heterocycles. The third kappa shape index (κ3) is 4.79. The van der Waals surface area contributed by atoms with Gasteiger partial charge in [-0.3, -0.25) is 4.79 Å². The zero-order chi connectivity index (χ0) is 24.2. The van der Waals surface area contributed by atoms with Gasteiger partial charge in [0.15, 0.2) is 16.5 Å². The highest BCUT2D eigenvalue weighted by molar-refractivity contribution is 7.15. The predicted molar refractivity (Wildman–Crippen MR) is 137 cm³/mol. The van der Waals surface area contributed by atoms with Gasteiger partial charge in [-0.15, -0.1) is 0 Å². The topological polar surface area (TPSA) is 71.3 Å². The highest BCUT2D eigenvalue weighted by atomic mass is 32.1. The largest absolute Gasteiger partial charge is 0.497 e. The van der Waals surface area contributed by atoms with Crippen LogP contribution in [0.4, 0.5) is 0 Å². The number of benzene rings is 3. The van der Waals surface area contributed by atoms with Crippen molar-refractivity contribution in [3.8, 4) is 23.0 Å². The molecule has 0 atom stereocenters. The number of imidazole rings is 1. The van der Waals surface area contributed by atoms with Gasteiger partial charge in [0, 0.05) is 12.5 Å². The van der Waals surface area contributed by atoms with E-state index >= 15 is 0 Å². The normalized spacial score (nSPS) is 11.8. The van der Waals surface area contributed by atoms with E-state index in [4.69, 9.17) is 18.9 Å². The van der Waals surface area contributed by atoms with Crippen LogP contribution >= 0.6 is 11.3 Å². The molecule has 5 rings (SSSR count). The van der Waals surface area contributed by atoms with Crippen molar-refractivity contribution in [2.24, 2.45) is 0 Å². The third-order valence-electron chi connectivity index (χ3n) is 5.49. The Morgan fingerprint density at radius 1 is 0.886 bits per heavy atom. The van der Waals surface area contributed by atoms with Gasteiger partial charge in [0.2, 0.25) is 0 Å². The number of ether oxygens (including phenoxy) is 4. The Hall–Kier alpha value is -4.04. The predicted octanol–water partition coefficient (Wildman–Crippen LogP) is 4.32. The van der Waals surface area contributed by atoms with E-state index in [1.165, 1.54) is 11.3 Å². The SMILES string of the molecule is COc1cccc(OCCCOc2ccc(C=c3sc4nc5ccccc5n4c3=O)cc2OC)c1. The van der Waals surface area contributed by atoms with Crippen molar-refractivity contribution in [2.45, 2.75) is 6.42 Å². The molecular formula is C27H24N2O5S. The average Bonchev–Trinajstić information content (AvgIpc) is 3.40. The van der Waals surface area contributed by atoms with Gasteiger partial charge >= 0.3 is 0 Å². The van der Waals surface area contributed by atoms with Crippen LogP contribution in [0.5, 0.6) is 23.0 Å². The fourth-order valence-electron chi connectivity index (χ4n) is 3.78. The Morgan fingerprint density at radius 2 is 1.71 bits per heavy atom. The molecule has 0 aliphatic rings. The van der Waals surface area contributed by atoms with Gasteiger partial charge < -0.3 is 18.9 Å². The van der Waals surface area contributed by atoms with Gasteiger partial charge in [-0.25, -0.2) is 9.38 Å². The fourth-order valence-corrected chi connectivity index (χ4v) is 4.77. The second-order valence-corrected chi connectivity index (χ2v) is 8.78. The van der Waals surface area contributed by atoms with E-state index in [1.54, 1.807) is 18.6 Å². The monoisotopic (exact) mass is 488 g/mol. The Morgan fingerprint density at radius 3 is 2.57 bits per heavy atom. The van der Waals surface area contributed by atoms with E-state index in [-0.39, 0.29) is 5.56 Å². The maximum Gasteiger partial charge on any atom is 0.274 e. The summed E-state index contributed by atoms with van der Waals surface area (Å²) >= 11 is 1.37. The summed E-state index contributed by atoms with van der Waals surface area (Å²) in [7, 11) is 3.23. The number of hydrogen-bond donors (Lipinski definition) is 0. The molecule has 0 spiro atoms. The first kappa shape index (κ1) is 22.7. The van der Waals surface area contributed by atoms with Crippen LogP contribution < -0.4 is 29.0 Å². The minimum Gasteiger partial charge on any atom is -0.497 e. The van der Waals surface area contributed by atoms with Gasteiger partial charge in [0.25, 0.3) is 5.56 Å². The van der Waals surface area contributed by atoms with Gasteiger partial charge in [-0.2, -0.15) is 0 Å². The molecule has 5 aromatic rings. The molecular weight excluding hydrogens is 464 g/mol. The molecule has 3 aromatic carbocycles. The third-order valence-corrected chi connectivity index (χ3v) is 6.46. The number of nitrogens with zero attached hydrogens (tertiary/aromatic N) is 2. The Balaban J connectivity index is 1.26. The zero-order valence-corrected chi connectivity index (χ0v) is 20.2. The number of thiazole rings is 1. The van der Waals surface area contributed by atoms with Crippen LogP contribution in [-0.4, -0.2) is 36.8 Å². The maximum atomic E-state index is 13.0. The zero-order valence-electron chi connectivity index (χ0n) is 19.4. The molecule has 0 N–H and O–H groups in total. The summed E-state index contributed by atoms with van der Waals surface area (Å²) in [4.78, 5) is 18.2. The molecule has 0 amide bonds. The van der Waals surface area contributed by atoms with Crippen LogP contribution in [0.15, 0.2) is 71.5 Å². The summed E-state index contributed by atoms with van der Waals surface area (Å²) in [5, 5.41) is 0. The molecule has 0 bridgehead atoms. The van der Waals surface area contributed by atoms with Crippen molar-refractivity contribution in [3.63, 3.8) is 0 Å². The molecule has 0 saturated carbocycles. The quantitative estimate of drug-likeness (QED) is 0.288. The first-order valence-electron chi connectivity index (χ1n) is 11.2. The van der Waals surface area contributed by atoms with Crippen LogP contribution in [0.3, 0.4) is 0 Å². The summed E-state index contributed by atoms with van der Waals surface area (Å²) < 4.78 is 24.7. The number of fused-ring (bicyclic) bond motifs is 3. The Bertz CT molecular complexity index is 1590. The number of hydrogen-bond acceptors (Lipinski definition) is 7. The van der Waals surface area contributed by atoms with Crippen molar-refractivity contribution in [1.82, 2.24) is 9.38 Å². The number of aromatic nitrogens is 2. The summed E-state index contributed by atoms with van der Waals surface area (Å²) in [6.07, 6.45) is 2.56. The molecule has 8 heteroatoms. The van der Waals surface area contributed by atoms with Gasteiger partial charge in [0.05, 0.1) is 43.0 Å². The number of methoxy groups -OCH3 is 2. The fraction of sp³-hybridized carbons (Fsp3) is 0.185. The molecule has 0 aliphatic carbocycles. The lowest BCUT2D eigenvalue weighted by molar-refractivity contribution is 0.240. The molecule has 0 unspecified atom stereocenters. The van der Waals surface area contributed by atoms with E-state index in [0.717, 1.165) is 28.1 Å². The molecule has 0 radical (unpaired) electrons. The lowest BCUT2D eigenvalue weighted by atomic mass is 10.2. The summed E-state index contributed by atoms with van der Waals surface area (Å²) in [5.74, 6) is 2.76. The lowest BCUT2D eigenvalue weighted by Crippen LogP contribution is -2.22. The summed E-state index contributed by atoms with van der Waals surface area (Å²) in [6.45, 7) is 0.992. The van der Waals surface area contributed by atoms with Crippen LogP contribution in [0.2, 0.25) is 0 Å². The van der Waals surface area contributed by atoms with Gasteiger partial charge in [0.1, 0.15) is 11.5 Å². The minimum absolute atomic E-state index is 0.0750. The number of rotatable bonds is 9. The molecule has 35 heavy (non-hydrogen) atoms. The smallest absolute Gasteiger partial charge is 0.274 e. The number of para-hydroxylation sites is 2. The van der Waals surface area contributed by atoms with E-state index in [2.05, 4.69) is 4.98 Å². The highest BCUT2D eigenvalue weighted by Gasteiger charge is 2.11. The molecule has 7 nitrogen and oxygen atoms in total. The van der Waals surface area contributed by atoms with Gasteiger partial charge in [-0.05, 0) is 48.0 Å². The minimum atomic E-state index is -0.0750. The van der Waals surface area contributed by atoms with Gasteiger partial charge in [-0.1, -0.05) is 35.6 Å². The standard InChI is InChI=1S/C27H24N2O5S/c1-31-19-7-5-8-20(17-19)33-13-6-14-34-23-12-11-18(15-24(23)32-2)16-25-26(30)29-22-10-4-3-9-21(22)28-27(29)35-25/h3-5,7-12,15-17H,6,13-14H2,1-2H3. The first-order chi connectivity index (χ1) is 17.2. The van der Waals surface area contributed by atoms with Crippen molar-refractivity contribution in [1.29, 1.82) is 0 Å². The lowest BCUT2D eigenvalue weighted by Gasteiger charge is -2.12. The molecule has 0 saturated heterocycles. The van der Waals surface area contributed by atoms with E-state index in [9.17, 15) is 4.79 Å². The second kappa shape index (κ2) is 10.1. The van der Waals surface area contributed by atoms with E-state index in [1.807, 2.05) is 72.8 Å². The van der Waals surface area contributed by atoms with Crippen LogP contribution in [0, 0.1) is 0 Å². The molecule has 2 aromatic heterocycles. The second-order valence-electron chi connectivity index (χ2n) is 7.77. The van der Waals surface area contributed by atoms with Crippen molar-refractivity contribution in [3.05, 3.63) is 87.2 Å². The van der Waals surface area contributed by atoms with Crippen molar-refractivity contribution >= 4 is 33.4 Å². The Kier molecular flexibility index (Phi) is 6.54. The Labute approximate surface area is 205 Å². The van der Waals surface area contributed by atoms with E-state index < -0.39 is 0 Å². The average molecular weight is 489 g/mol. The van der Waals surface area contributed by atoms with Crippen LogP contribution in [-0.2, 0) is 0 Å². The highest BCUT2D eigenvalue weighted by Crippen LogP contribution is 2.28. The summed E-state index contributed by atoms with van der Waals surface area (Å²) in [6, 6.07) is 20.8. The van der Waals surface area contributed by atoms with Crippen molar-refractivity contribution in [2.75, 3.05) is 27.4 Å². The molecule has 0 aliphatic heterocycles. The van der Waals surface area contributed by atoms with Crippen LogP contribution in [0.1, 0.15) is 12.0 Å². The molecule has 0 fully saturated rings. The maximum absolute atomic E-state index is 13.0. The van der Waals surface area contributed by atoms with E-state index in [0.29, 0.717) is 40.6 Å². The van der Waals surface area contributed by atoms with Crippen molar-refractivity contribution < 1.29 is 18.9 Å². The molecule has 178 valence electrons. The first-order valence-corrected chi connectivity index (χ1v) is 12.0.